The number of hydrogen-bond acceptors (Lipinski definition) is 3. The minimum Gasteiger partial charge on any atom is -0.378 e. The molecule has 2 N–H and O–H groups in total. The predicted molar refractivity (Wildman–Crippen MR) is 66.6 cm³/mol. The van der Waals surface area contributed by atoms with Gasteiger partial charge in [-0.2, -0.15) is 0 Å². The van der Waals surface area contributed by atoms with Gasteiger partial charge in [-0.15, -0.1) is 0 Å². The van der Waals surface area contributed by atoms with Gasteiger partial charge < -0.3 is 15.4 Å². The zero-order valence-corrected chi connectivity index (χ0v) is 11.0. The smallest absolute Gasteiger partial charge is 0.220 e. The summed E-state index contributed by atoms with van der Waals surface area (Å²) in [5, 5.41) is 5.48. The molecule has 0 bridgehead atoms. The molecule has 0 atom stereocenters. The van der Waals surface area contributed by atoms with E-state index in [0.29, 0.717) is 45.1 Å². The molecule has 0 aliphatic rings. The van der Waals surface area contributed by atoms with Crippen molar-refractivity contribution in [2.75, 3.05) is 26.3 Å². The van der Waals surface area contributed by atoms with Crippen molar-refractivity contribution < 1.29 is 14.3 Å². The van der Waals surface area contributed by atoms with Crippen molar-refractivity contribution in [3.8, 4) is 0 Å². The maximum Gasteiger partial charge on any atom is 0.220 e. The first-order valence-corrected chi connectivity index (χ1v) is 6.17. The van der Waals surface area contributed by atoms with E-state index < -0.39 is 0 Å². The van der Waals surface area contributed by atoms with Crippen molar-refractivity contribution in [2.45, 2.75) is 33.6 Å². The summed E-state index contributed by atoms with van der Waals surface area (Å²) in [4.78, 5) is 22.1. The molecule has 0 heterocycles. The van der Waals surface area contributed by atoms with Gasteiger partial charge in [-0.05, 0) is 5.92 Å². The van der Waals surface area contributed by atoms with Crippen molar-refractivity contribution >= 4 is 11.8 Å². The SMILES string of the molecule is CCC(=O)NCCOCCNC(=O)CC(C)C. The number of carbonyl (C=O) groups is 2. The average Bonchev–Trinajstić information content (AvgIpc) is 2.26. The molecule has 0 rings (SSSR count). The van der Waals surface area contributed by atoms with Crippen molar-refractivity contribution in [3.63, 3.8) is 0 Å². The number of carbonyl (C=O) groups excluding carboxylic acids is 2. The third-order valence-electron chi connectivity index (χ3n) is 2.05. The van der Waals surface area contributed by atoms with E-state index in [1.165, 1.54) is 0 Å². The summed E-state index contributed by atoms with van der Waals surface area (Å²) >= 11 is 0. The van der Waals surface area contributed by atoms with Crippen molar-refractivity contribution in [2.24, 2.45) is 5.92 Å². The highest BCUT2D eigenvalue weighted by molar-refractivity contribution is 5.76. The summed E-state index contributed by atoms with van der Waals surface area (Å²) in [6.45, 7) is 7.82. The minimum absolute atomic E-state index is 0.0267. The summed E-state index contributed by atoms with van der Waals surface area (Å²) in [5.41, 5.74) is 0. The fraction of sp³-hybridized carbons (Fsp3) is 0.833. The van der Waals surface area contributed by atoms with Gasteiger partial charge >= 0.3 is 0 Å². The van der Waals surface area contributed by atoms with Crippen LogP contribution in [0.5, 0.6) is 0 Å². The van der Waals surface area contributed by atoms with E-state index in [9.17, 15) is 9.59 Å². The van der Waals surface area contributed by atoms with Crippen molar-refractivity contribution in [1.82, 2.24) is 10.6 Å². The van der Waals surface area contributed by atoms with Gasteiger partial charge in [0, 0.05) is 25.9 Å². The Morgan fingerprint density at radius 1 is 1.06 bits per heavy atom. The molecule has 0 aromatic rings. The molecule has 0 aromatic carbocycles. The first kappa shape index (κ1) is 15.9. The molecule has 0 spiro atoms. The minimum atomic E-state index is 0.0267. The highest BCUT2D eigenvalue weighted by Gasteiger charge is 2.03. The Morgan fingerprint density at radius 2 is 1.59 bits per heavy atom. The summed E-state index contributed by atoms with van der Waals surface area (Å²) in [5.74, 6) is 0.460. The standard InChI is InChI=1S/C12H24N2O3/c1-4-11(15)13-5-7-17-8-6-14-12(16)9-10(2)3/h10H,4-9H2,1-3H3,(H,13,15)(H,14,16). The Bertz CT molecular complexity index is 230. The molecule has 5 nitrogen and oxygen atoms in total. The fourth-order valence-corrected chi connectivity index (χ4v) is 1.20. The average molecular weight is 244 g/mol. The second-order valence-corrected chi connectivity index (χ2v) is 4.26. The third kappa shape index (κ3) is 11.2. The highest BCUT2D eigenvalue weighted by atomic mass is 16.5. The maximum absolute atomic E-state index is 11.2. The van der Waals surface area contributed by atoms with Crippen LogP contribution in [0.2, 0.25) is 0 Å². The molecular formula is C12H24N2O3. The number of rotatable bonds is 9. The van der Waals surface area contributed by atoms with E-state index in [1.54, 1.807) is 6.92 Å². The first-order chi connectivity index (χ1) is 8.06. The lowest BCUT2D eigenvalue weighted by atomic mass is 10.1. The van der Waals surface area contributed by atoms with Gasteiger partial charge in [0.25, 0.3) is 0 Å². The van der Waals surface area contributed by atoms with E-state index >= 15 is 0 Å². The van der Waals surface area contributed by atoms with Crippen LogP contribution >= 0.6 is 0 Å². The van der Waals surface area contributed by atoms with Gasteiger partial charge in [-0.1, -0.05) is 20.8 Å². The molecule has 0 aromatic heterocycles. The molecule has 100 valence electrons. The van der Waals surface area contributed by atoms with Crippen LogP contribution in [0.1, 0.15) is 33.6 Å². The summed E-state index contributed by atoms with van der Waals surface area (Å²) < 4.78 is 5.25. The van der Waals surface area contributed by atoms with E-state index in [4.69, 9.17) is 4.74 Å². The van der Waals surface area contributed by atoms with Gasteiger partial charge in [0.2, 0.25) is 11.8 Å². The van der Waals surface area contributed by atoms with E-state index in [-0.39, 0.29) is 11.8 Å². The lowest BCUT2D eigenvalue weighted by Gasteiger charge is -2.08. The largest absolute Gasteiger partial charge is 0.378 e. The number of ether oxygens (including phenoxy) is 1. The summed E-state index contributed by atoms with van der Waals surface area (Å²) in [6.07, 6.45) is 1.04. The van der Waals surface area contributed by atoms with Gasteiger partial charge in [0.05, 0.1) is 13.2 Å². The monoisotopic (exact) mass is 244 g/mol. The van der Waals surface area contributed by atoms with Gasteiger partial charge in [-0.3, -0.25) is 9.59 Å². The molecule has 5 heteroatoms. The molecule has 0 radical (unpaired) electrons. The normalized spacial score (nSPS) is 10.4. The summed E-state index contributed by atoms with van der Waals surface area (Å²) in [7, 11) is 0. The zero-order chi connectivity index (χ0) is 13.1. The van der Waals surface area contributed by atoms with Gasteiger partial charge in [-0.25, -0.2) is 0 Å². The molecule has 0 saturated heterocycles. The molecule has 0 fully saturated rings. The Morgan fingerprint density at radius 3 is 2.06 bits per heavy atom. The van der Waals surface area contributed by atoms with Gasteiger partial charge in [0.1, 0.15) is 0 Å². The quantitative estimate of drug-likeness (QED) is 0.586. The van der Waals surface area contributed by atoms with Crippen LogP contribution < -0.4 is 10.6 Å². The predicted octanol–water partition coefficient (Wildman–Crippen LogP) is 0.691. The zero-order valence-electron chi connectivity index (χ0n) is 11.0. The number of hydrogen-bond donors (Lipinski definition) is 2. The van der Waals surface area contributed by atoms with Crippen LogP contribution in [-0.4, -0.2) is 38.1 Å². The van der Waals surface area contributed by atoms with Crippen molar-refractivity contribution in [1.29, 1.82) is 0 Å². The van der Waals surface area contributed by atoms with E-state index in [2.05, 4.69) is 10.6 Å². The third-order valence-corrected chi connectivity index (χ3v) is 2.05. The van der Waals surface area contributed by atoms with E-state index in [0.717, 1.165) is 0 Å². The van der Waals surface area contributed by atoms with E-state index in [1.807, 2.05) is 13.8 Å². The number of amides is 2. The molecule has 0 saturated carbocycles. The molecule has 0 unspecified atom stereocenters. The van der Waals surface area contributed by atoms with Crippen LogP contribution in [0.4, 0.5) is 0 Å². The Labute approximate surface area is 103 Å². The lowest BCUT2D eigenvalue weighted by molar-refractivity contribution is -0.122. The van der Waals surface area contributed by atoms with Crippen LogP contribution in [0.25, 0.3) is 0 Å². The molecule has 2 amide bonds. The molecular weight excluding hydrogens is 220 g/mol. The van der Waals surface area contributed by atoms with Crippen LogP contribution in [0.15, 0.2) is 0 Å². The van der Waals surface area contributed by atoms with Crippen LogP contribution in [0.3, 0.4) is 0 Å². The maximum atomic E-state index is 11.2. The van der Waals surface area contributed by atoms with Crippen LogP contribution in [0, 0.1) is 5.92 Å². The van der Waals surface area contributed by atoms with Crippen LogP contribution in [-0.2, 0) is 14.3 Å². The Balaban J connectivity index is 3.24. The number of nitrogens with one attached hydrogen (secondary N) is 2. The fourth-order valence-electron chi connectivity index (χ4n) is 1.20. The Hall–Kier alpha value is -1.10. The highest BCUT2D eigenvalue weighted by Crippen LogP contribution is 1.97. The summed E-state index contributed by atoms with van der Waals surface area (Å²) in [6, 6.07) is 0. The lowest BCUT2D eigenvalue weighted by Crippen LogP contribution is -2.30. The van der Waals surface area contributed by atoms with Gasteiger partial charge in [0.15, 0.2) is 0 Å². The topological polar surface area (TPSA) is 67.4 Å². The first-order valence-electron chi connectivity index (χ1n) is 6.17. The second-order valence-electron chi connectivity index (χ2n) is 4.26. The second kappa shape index (κ2) is 10.1. The Kier molecular flexibility index (Phi) is 9.43. The molecule has 0 aliphatic carbocycles. The molecule has 17 heavy (non-hydrogen) atoms. The van der Waals surface area contributed by atoms with Crippen molar-refractivity contribution in [3.05, 3.63) is 0 Å². The molecule has 0 aliphatic heterocycles.